The lowest BCUT2D eigenvalue weighted by Crippen LogP contribution is -2.49. The highest BCUT2D eigenvalue weighted by atomic mass is 79.9. The Kier molecular flexibility index (Phi) is 6.21. The molecule has 2 saturated heterocycles. The molecule has 6 atom stereocenters. The third-order valence-electron chi connectivity index (χ3n) is 9.23. The standard InChI is InChI=1S/C30H27BrN2O7/c1-30-21(27(38)33(29(30)40)16-5-3-2-4-6-16)14-19-17(25(30)20-13-15(31)7-10-22(20)34)8-9-18-24(19)28(39)32(26(18)37)12-11-23(35)36/h2-8,10,13,18-19,21,24-25,34H,9,11-12,14H2,1H3,(H,35,36). The number of phenols is 1. The number of nitrogens with zero attached hydrogens (tertiary/aromatic N) is 2. The summed E-state index contributed by atoms with van der Waals surface area (Å²) >= 11 is 3.47. The van der Waals surface area contributed by atoms with Crippen LogP contribution in [0.3, 0.4) is 0 Å². The summed E-state index contributed by atoms with van der Waals surface area (Å²) in [7, 11) is 0. The average Bonchev–Trinajstić information content (AvgIpc) is 3.29. The van der Waals surface area contributed by atoms with E-state index in [4.69, 9.17) is 5.11 Å². The van der Waals surface area contributed by atoms with E-state index in [0.717, 1.165) is 10.5 Å². The van der Waals surface area contributed by atoms with Crippen LogP contribution in [-0.2, 0) is 24.0 Å². The van der Waals surface area contributed by atoms with Crippen molar-refractivity contribution in [3.8, 4) is 5.75 Å². The van der Waals surface area contributed by atoms with Crippen LogP contribution in [0.4, 0.5) is 5.69 Å². The molecule has 1 saturated carbocycles. The van der Waals surface area contributed by atoms with E-state index in [1.54, 1.807) is 49.4 Å². The smallest absolute Gasteiger partial charge is 0.305 e. The number of benzene rings is 2. The van der Waals surface area contributed by atoms with Crippen LogP contribution in [0.15, 0.2) is 64.7 Å². The molecule has 0 aromatic heterocycles. The van der Waals surface area contributed by atoms with Gasteiger partial charge in [-0.2, -0.15) is 0 Å². The number of phenolic OH excluding ortho intramolecular Hbond substituents is 1. The maximum absolute atomic E-state index is 14.3. The SMILES string of the molecule is CC12C(=O)N(c3ccccc3)C(=O)C1CC1C(=CCC3C(=O)N(CCC(=O)O)C(=O)C31)C2c1cc(Br)ccc1O. The first-order chi connectivity index (χ1) is 19.1. The molecule has 206 valence electrons. The molecule has 2 aliphatic heterocycles. The zero-order valence-electron chi connectivity index (χ0n) is 21.6. The van der Waals surface area contributed by atoms with Crippen molar-refractivity contribution in [1.29, 1.82) is 0 Å². The van der Waals surface area contributed by atoms with Gasteiger partial charge in [-0.25, -0.2) is 4.90 Å². The van der Waals surface area contributed by atoms with Gasteiger partial charge in [-0.3, -0.25) is 28.9 Å². The minimum absolute atomic E-state index is 0.0350. The van der Waals surface area contributed by atoms with Crippen LogP contribution in [0.1, 0.15) is 37.7 Å². The second kappa shape index (κ2) is 9.40. The molecule has 2 aromatic carbocycles. The number of carboxylic acids is 1. The van der Waals surface area contributed by atoms with Crippen molar-refractivity contribution < 1.29 is 34.2 Å². The third kappa shape index (κ3) is 3.68. The summed E-state index contributed by atoms with van der Waals surface area (Å²) in [5.41, 5.74) is 0.416. The highest BCUT2D eigenvalue weighted by Crippen LogP contribution is 2.64. The van der Waals surface area contributed by atoms with Crippen LogP contribution in [0.25, 0.3) is 0 Å². The largest absolute Gasteiger partial charge is 0.508 e. The van der Waals surface area contributed by atoms with Gasteiger partial charge in [-0.15, -0.1) is 0 Å². The molecule has 4 aliphatic rings. The van der Waals surface area contributed by atoms with Crippen LogP contribution in [-0.4, -0.2) is 51.3 Å². The Morgan fingerprint density at radius 2 is 1.75 bits per heavy atom. The highest BCUT2D eigenvalue weighted by molar-refractivity contribution is 9.10. The van der Waals surface area contributed by atoms with E-state index in [-0.39, 0.29) is 43.4 Å². The Hall–Kier alpha value is -3.79. The van der Waals surface area contributed by atoms with Crippen LogP contribution >= 0.6 is 15.9 Å². The lowest BCUT2D eigenvalue weighted by Gasteiger charge is -2.49. The maximum Gasteiger partial charge on any atom is 0.305 e. The van der Waals surface area contributed by atoms with Gasteiger partial charge in [0, 0.05) is 22.5 Å². The summed E-state index contributed by atoms with van der Waals surface area (Å²) in [4.78, 5) is 68.6. The lowest BCUT2D eigenvalue weighted by atomic mass is 9.51. The number of rotatable bonds is 5. The number of fused-ring (bicyclic) bond motifs is 4. The number of carbonyl (C=O) groups is 5. The molecule has 9 nitrogen and oxygen atoms in total. The Morgan fingerprint density at radius 3 is 2.45 bits per heavy atom. The molecule has 0 spiro atoms. The molecular formula is C30H27BrN2O7. The second-order valence-corrected chi connectivity index (χ2v) is 12.1. The predicted molar refractivity (Wildman–Crippen MR) is 146 cm³/mol. The van der Waals surface area contributed by atoms with E-state index in [0.29, 0.717) is 15.7 Å². The monoisotopic (exact) mass is 606 g/mol. The second-order valence-electron chi connectivity index (χ2n) is 11.2. The van der Waals surface area contributed by atoms with Crippen molar-refractivity contribution >= 4 is 51.2 Å². The minimum atomic E-state index is -1.25. The first-order valence-electron chi connectivity index (χ1n) is 13.2. The topological polar surface area (TPSA) is 132 Å². The van der Waals surface area contributed by atoms with E-state index >= 15 is 0 Å². The van der Waals surface area contributed by atoms with E-state index < -0.39 is 52.8 Å². The summed E-state index contributed by atoms with van der Waals surface area (Å²) < 4.78 is 0.681. The molecule has 2 N–H and O–H groups in total. The number of hydrogen-bond donors (Lipinski definition) is 2. The molecule has 0 bridgehead atoms. The van der Waals surface area contributed by atoms with Crippen molar-refractivity contribution in [2.75, 3.05) is 11.4 Å². The fourth-order valence-electron chi connectivity index (χ4n) is 7.43. The van der Waals surface area contributed by atoms with Crippen molar-refractivity contribution in [2.24, 2.45) is 29.1 Å². The predicted octanol–water partition coefficient (Wildman–Crippen LogP) is 3.86. The van der Waals surface area contributed by atoms with Crippen molar-refractivity contribution in [3.05, 3.63) is 70.2 Å². The van der Waals surface area contributed by atoms with Crippen molar-refractivity contribution in [3.63, 3.8) is 0 Å². The molecule has 40 heavy (non-hydrogen) atoms. The molecule has 4 amide bonds. The first-order valence-corrected chi connectivity index (χ1v) is 14.0. The minimum Gasteiger partial charge on any atom is -0.508 e. The van der Waals surface area contributed by atoms with Crippen LogP contribution < -0.4 is 4.90 Å². The zero-order valence-corrected chi connectivity index (χ0v) is 23.2. The summed E-state index contributed by atoms with van der Waals surface area (Å²) in [6.07, 6.45) is 1.99. The van der Waals surface area contributed by atoms with Crippen LogP contribution in [0, 0.1) is 29.1 Å². The van der Waals surface area contributed by atoms with Crippen LogP contribution in [0.2, 0.25) is 0 Å². The number of imide groups is 2. The first kappa shape index (κ1) is 26.4. The van der Waals surface area contributed by atoms with Gasteiger partial charge < -0.3 is 10.2 Å². The molecule has 10 heteroatoms. The van der Waals surface area contributed by atoms with Gasteiger partial charge in [0.05, 0.1) is 35.3 Å². The van der Waals surface area contributed by atoms with Crippen molar-refractivity contribution in [2.45, 2.75) is 32.1 Å². The summed E-state index contributed by atoms with van der Waals surface area (Å²) in [5, 5.41) is 20.2. The Bertz CT molecular complexity index is 1500. The average molecular weight is 607 g/mol. The lowest BCUT2D eigenvalue weighted by molar-refractivity contribution is -0.142. The summed E-state index contributed by atoms with van der Waals surface area (Å²) in [5.74, 6) is -6.22. The normalized spacial score (nSPS) is 31.1. The molecule has 3 fully saturated rings. The number of carbonyl (C=O) groups excluding carboxylic acids is 4. The van der Waals surface area contributed by atoms with Gasteiger partial charge in [0.1, 0.15) is 5.75 Å². The highest BCUT2D eigenvalue weighted by Gasteiger charge is 2.67. The number of hydrogen-bond acceptors (Lipinski definition) is 6. The Labute approximate surface area is 238 Å². The number of anilines is 1. The number of allylic oxidation sites excluding steroid dienone is 2. The van der Waals surface area contributed by atoms with E-state index in [1.165, 1.54) is 11.0 Å². The summed E-state index contributed by atoms with van der Waals surface area (Å²) in [6, 6.07) is 13.6. The van der Waals surface area contributed by atoms with Gasteiger partial charge >= 0.3 is 5.97 Å². The van der Waals surface area contributed by atoms with Gasteiger partial charge in [-0.05, 0) is 56.0 Å². The number of para-hydroxylation sites is 1. The molecule has 2 heterocycles. The molecule has 2 aliphatic carbocycles. The fourth-order valence-corrected chi connectivity index (χ4v) is 7.81. The fraction of sp³-hybridized carbons (Fsp3) is 0.367. The molecule has 0 radical (unpaired) electrons. The number of aromatic hydroxyl groups is 1. The van der Waals surface area contributed by atoms with E-state index in [2.05, 4.69) is 15.9 Å². The Morgan fingerprint density at radius 1 is 1.02 bits per heavy atom. The molecule has 2 aromatic rings. The number of amides is 4. The van der Waals surface area contributed by atoms with Gasteiger partial charge in [0.15, 0.2) is 0 Å². The summed E-state index contributed by atoms with van der Waals surface area (Å²) in [6.45, 7) is 1.55. The number of halogens is 1. The number of aliphatic carboxylic acids is 1. The Balaban J connectivity index is 1.50. The number of likely N-dealkylation sites (tertiary alicyclic amines) is 1. The van der Waals surface area contributed by atoms with E-state index in [1.807, 2.05) is 6.08 Å². The third-order valence-corrected chi connectivity index (χ3v) is 9.72. The van der Waals surface area contributed by atoms with E-state index in [9.17, 15) is 29.1 Å². The molecule has 6 unspecified atom stereocenters. The van der Waals surface area contributed by atoms with Crippen LogP contribution in [0.5, 0.6) is 5.75 Å². The molecular weight excluding hydrogens is 580 g/mol. The van der Waals surface area contributed by atoms with Gasteiger partial charge in [0.25, 0.3) is 0 Å². The quantitative estimate of drug-likeness (QED) is 0.390. The zero-order chi connectivity index (χ0) is 28.5. The van der Waals surface area contributed by atoms with Gasteiger partial charge in [0.2, 0.25) is 23.6 Å². The van der Waals surface area contributed by atoms with Crippen molar-refractivity contribution in [1.82, 2.24) is 4.90 Å². The number of carboxylic acid groups (broad SMARTS) is 1. The molecule has 6 rings (SSSR count). The maximum atomic E-state index is 14.3. The van der Waals surface area contributed by atoms with Gasteiger partial charge in [-0.1, -0.05) is 45.8 Å².